The Balaban J connectivity index is 1.66. The lowest BCUT2D eigenvalue weighted by Gasteiger charge is -2.34. The molecular weight excluding hydrogens is 282 g/mol. The van der Waals surface area contributed by atoms with Gasteiger partial charge in [-0.2, -0.15) is 0 Å². The van der Waals surface area contributed by atoms with Crippen molar-refractivity contribution in [3.05, 3.63) is 0 Å². The van der Waals surface area contributed by atoms with Crippen molar-refractivity contribution in [2.45, 2.75) is 58.1 Å². The second-order valence-electron chi connectivity index (χ2n) is 7.21. The zero-order valence-corrected chi connectivity index (χ0v) is 14.1. The molecule has 6 heteroatoms. The highest BCUT2D eigenvalue weighted by Gasteiger charge is 2.27. The highest BCUT2D eigenvalue weighted by Crippen LogP contribution is 2.15. The predicted octanol–water partition coefficient (Wildman–Crippen LogP) is 1.60. The number of hydrogen-bond acceptors (Lipinski definition) is 4. The van der Waals surface area contributed by atoms with Crippen molar-refractivity contribution >= 4 is 12.0 Å². The van der Waals surface area contributed by atoms with E-state index in [0.29, 0.717) is 25.7 Å². The van der Waals surface area contributed by atoms with Crippen LogP contribution in [0, 0.1) is 0 Å². The summed E-state index contributed by atoms with van der Waals surface area (Å²) >= 11 is 0. The molecule has 0 radical (unpaired) electrons. The summed E-state index contributed by atoms with van der Waals surface area (Å²) in [6.07, 6.45) is 3.75. The Morgan fingerprint density at radius 2 is 1.64 bits per heavy atom. The molecule has 0 saturated carbocycles. The number of piperidine rings is 1. The molecule has 0 aliphatic carbocycles. The SMILES string of the molecule is CC(C)(C)OC(=O)N1CCC(NCC(=O)N2CCCC2)CC1. The Bertz CT molecular complexity index is 392. The zero-order chi connectivity index (χ0) is 16.2. The van der Waals surface area contributed by atoms with Crippen LogP contribution >= 0.6 is 0 Å². The standard InChI is InChI=1S/C16H29N3O3/c1-16(2,3)22-15(21)19-10-6-13(7-11-19)17-12-14(20)18-8-4-5-9-18/h13,17H,4-12H2,1-3H3. The van der Waals surface area contributed by atoms with Gasteiger partial charge in [-0.15, -0.1) is 0 Å². The van der Waals surface area contributed by atoms with E-state index in [1.807, 2.05) is 25.7 Å². The van der Waals surface area contributed by atoms with Gasteiger partial charge in [-0.25, -0.2) is 4.79 Å². The Morgan fingerprint density at radius 1 is 1.05 bits per heavy atom. The van der Waals surface area contributed by atoms with Crippen LogP contribution in [0.4, 0.5) is 4.79 Å². The minimum Gasteiger partial charge on any atom is -0.444 e. The number of nitrogens with zero attached hydrogens (tertiary/aromatic N) is 2. The van der Waals surface area contributed by atoms with Crippen molar-refractivity contribution in [3.8, 4) is 0 Å². The van der Waals surface area contributed by atoms with Gasteiger partial charge in [-0.1, -0.05) is 0 Å². The second kappa shape index (κ2) is 7.31. The number of likely N-dealkylation sites (tertiary alicyclic amines) is 2. The molecule has 0 bridgehead atoms. The number of nitrogens with one attached hydrogen (secondary N) is 1. The van der Waals surface area contributed by atoms with E-state index in [2.05, 4.69) is 5.32 Å². The summed E-state index contributed by atoms with van der Waals surface area (Å²) in [6, 6.07) is 0.310. The van der Waals surface area contributed by atoms with Crippen molar-refractivity contribution in [2.24, 2.45) is 0 Å². The van der Waals surface area contributed by atoms with Crippen LogP contribution in [-0.4, -0.2) is 66.2 Å². The van der Waals surface area contributed by atoms with Crippen LogP contribution in [-0.2, 0) is 9.53 Å². The van der Waals surface area contributed by atoms with E-state index in [0.717, 1.165) is 38.8 Å². The molecule has 0 atom stereocenters. The molecule has 2 saturated heterocycles. The fourth-order valence-corrected chi connectivity index (χ4v) is 2.90. The smallest absolute Gasteiger partial charge is 0.410 e. The third kappa shape index (κ3) is 5.16. The van der Waals surface area contributed by atoms with Crippen LogP contribution in [0.3, 0.4) is 0 Å². The third-order valence-corrected chi connectivity index (χ3v) is 4.15. The monoisotopic (exact) mass is 311 g/mol. The zero-order valence-electron chi connectivity index (χ0n) is 14.1. The maximum Gasteiger partial charge on any atom is 0.410 e. The van der Waals surface area contributed by atoms with Crippen LogP contribution in [0.15, 0.2) is 0 Å². The van der Waals surface area contributed by atoms with Crippen LogP contribution in [0.5, 0.6) is 0 Å². The number of amides is 2. The van der Waals surface area contributed by atoms with E-state index >= 15 is 0 Å². The van der Waals surface area contributed by atoms with E-state index in [4.69, 9.17) is 4.74 Å². The molecule has 0 spiro atoms. The molecule has 0 aromatic carbocycles. The van der Waals surface area contributed by atoms with Gasteiger partial charge in [0.05, 0.1) is 6.54 Å². The molecule has 22 heavy (non-hydrogen) atoms. The van der Waals surface area contributed by atoms with Gasteiger partial charge in [0.15, 0.2) is 0 Å². The molecule has 2 amide bonds. The van der Waals surface area contributed by atoms with Crippen molar-refractivity contribution in [2.75, 3.05) is 32.7 Å². The highest BCUT2D eigenvalue weighted by atomic mass is 16.6. The Labute approximate surface area is 133 Å². The molecule has 2 heterocycles. The van der Waals surface area contributed by atoms with Gasteiger partial charge in [0, 0.05) is 32.2 Å². The predicted molar refractivity (Wildman–Crippen MR) is 84.6 cm³/mol. The number of hydrogen-bond donors (Lipinski definition) is 1. The first-order chi connectivity index (χ1) is 10.3. The van der Waals surface area contributed by atoms with Crippen molar-refractivity contribution in [1.29, 1.82) is 0 Å². The minimum absolute atomic E-state index is 0.201. The lowest BCUT2D eigenvalue weighted by molar-refractivity contribution is -0.129. The second-order valence-corrected chi connectivity index (χ2v) is 7.21. The molecule has 2 fully saturated rings. The molecule has 0 aromatic rings. The van der Waals surface area contributed by atoms with E-state index < -0.39 is 5.60 Å². The summed E-state index contributed by atoms with van der Waals surface area (Å²) in [7, 11) is 0. The average Bonchev–Trinajstić information content (AvgIpc) is 2.97. The summed E-state index contributed by atoms with van der Waals surface area (Å²) < 4.78 is 5.38. The first-order valence-corrected chi connectivity index (χ1v) is 8.34. The summed E-state index contributed by atoms with van der Waals surface area (Å²) in [5.41, 5.74) is -0.450. The van der Waals surface area contributed by atoms with Gasteiger partial charge in [-0.3, -0.25) is 4.79 Å². The Kier molecular flexibility index (Phi) is 5.67. The summed E-state index contributed by atoms with van der Waals surface area (Å²) in [5, 5.41) is 3.34. The maximum atomic E-state index is 12.0. The fraction of sp³-hybridized carbons (Fsp3) is 0.875. The third-order valence-electron chi connectivity index (χ3n) is 4.15. The quantitative estimate of drug-likeness (QED) is 0.860. The number of ether oxygens (including phenoxy) is 1. The molecule has 2 aliphatic rings. The first kappa shape index (κ1) is 17.1. The number of rotatable bonds is 3. The molecule has 1 N–H and O–H groups in total. The van der Waals surface area contributed by atoms with E-state index in [9.17, 15) is 9.59 Å². The van der Waals surface area contributed by atoms with E-state index in [-0.39, 0.29) is 12.0 Å². The lowest BCUT2D eigenvalue weighted by Crippen LogP contribution is -2.48. The average molecular weight is 311 g/mol. The van der Waals surface area contributed by atoms with Crippen molar-refractivity contribution in [3.63, 3.8) is 0 Å². The van der Waals surface area contributed by atoms with Gasteiger partial charge in [-0.05, 0) is 46.5 Å². The molecule has 0 unspecified atom stereocenters. The first-order valence-electron chi connectivity index (χ1n) is 8.34. The van der Waals surface area contributed by atoms with E-state index in [1.54, 1.807) is 4.90 Å². The van der Waals surface area contributed by atoms with Crippen LogP contribution in [0.2, 0.25) is 0 Å². The fourth-order valence-electron chi connectivity index (χ4n) is 2.90. The van der Waals surface area contributed by atoms with Gasteiger partial charge in [0.2, 0.25) is 5.91 Å². The summed E-state index contributed by atoms with van der Waals surface area (Å²) in [4.78, 5) is 27.7. The van der Waals surface area contributed by atoms with Gasteiger partial charge < -0.3 is 19.9 Å². The topological polar surface area (TPSA) is 61.9 Å². The van der Waals surface area contributed by atoms with Crippen LogP contribution < -0.4 is 5.32 Å². The van der Waals surface area contributed by atoms with Crippen LogP contribution in [0.1, 0.15) is 46.5 Å². The molecule has 2 rings (SSSR count). The highest BCUT2D eigenvalue weighted by molar-refractivity contribution is 5.78. The lowest BCUT2D eigenvalue weighted by atomic mass is 10.1. The molecule has 2 aliphatic heterocycles. The summed E-state index contributed by atoms with van der Waals surface area (Å²) in [6.45, 7) is 9.22. The van der Waals surface area contributed by atoms with Crippen molar-refractivity contribution < 1.29 is 14.3 Å². The van der Waals surface area contributed by atoms with Crippen molar-refractivity contribution in [1.82, 2.24) is 15.1 Å². The molecule has 6 nitrogen and oxygen atoms in total. The normalized spacial score (nSPS) is 20.3. The Morgan fingerprint density at radius 3 is 2.18 bits per heavy atom. The number of carbonyl (C=O) groups is 2. The minimum atomic E-state index is -0.450. The Hall–Kier alpha value is -1.30. The largest absolute Gasteiger partial charge is 0.444 e. The van der Waals surface area contributed by atoms with Crippen LogP contribution in [0.25, 0.3) is 0 Å². The van der Waals surface area contributed by atoms with Gasteiger partial charge in [0.1, 0.15) is 5.60 Å². The molecule has 126 valence electrons. The van der Waals surface area contributed by atoms with Gasteiger partial charge in [0.25, 0.3) is 0 Å². The van der Waals surface area contributed by atoms with Gasteiger partial charge >= 0.3 is 6.09 Å². The molecule has 0 aromatic heterocycles. The number of carbonyl (C=O) groups excluding carboxylic acids is 2. The maximum absolute atomic E-state index is 12.0. The molecular formula is C16H29N3O3. The summed E-state index contributed by atoms with van der Waals surface area (Å²) in [5.74, 6) is 0.201. The van der Waals surface area contributed by atoms with E-state index in [1.165, 1.54) is 0 Å².